The Hall–Kier alpha value is -3.54. The van der Waals surface area contributed by atoms with Crippen LogP contribution >= 0.6 is 0 Å². The lowest BCUT2D eigenvalue weighted by Crippen LogP contribution is -2.31. The van der Waals surface area contributed by atoms with Gasteiger partial charge in [0.1, 0.15) is 0 Å². The van der Waals surface area contributed by atoms with Gasteiger partial charge >= 0.3 is 0 Å². The number of carbonyl (C=O) groups excluding carboxylic acids is 4. The third kappa shape index (κ3) is 3.56. The predicted octanol–water partition coefficient (Wildman–Crippen LogP) is 3.99. The van der Waals surface area contributed by atoms with Gasteiger partial charge in [-0.05, 0) is 69.2 Å². The second-order valence-corrected chi connectivity index (χ2v) is 7.85. The molecule has 6 heteroatoms. The minimum Gasteiger partial charge on any atom is -0.322 e. The summed E-state index contributed by atoms with van der Waals surface area (Å²) in [6.07, 6.45) is 3.20. The van der Waals surface area contributed by atoms with Gasteiger partial charge < -0.3 is 5.32 Å². The van der Waals surface area contributed by atoms with Gasteiger partial charge in [0, 0.05) is 16.8 Å². The minimum absolute atomic E-state index is 0.0496. The molecule has 2 aliphatic rings. The smallest absolute Gasteiger partial charge is 0.255 e. The fraction of sp³-hybridized carbons (Fsp3) is 0.250. The van der Waals surface area contributed by atoms with E-state index in [0.717, 1.165) is 5.57 Å². The average Bonchev–Trinajstić information content (AvgIpc) is 2.98. The van der Waals surface area contributed by atoms with Gasteiger partial charge in [0.05, 0.1) is 17.5 Å². The van der Waals surface area contributed by atoms with Gasteiger partial charge in [-0.2, -0.15) is 0 Å². The molecule has 0 radical (unpaired) electrons. The predicted molar refractivity (Wildman–Crippen MR) is 113 cm³/mol. The van der Waals surface area contributed by atoms with Gasteiger partial charge in [0.25, 0.3) is 5.91 Å². The first-order chi connectivity index (χ1) is 14.3. The number of amides is 3. The highest BCUT2D eigenvalue weighted by molar-refractivity contribution is 6.22. The molecule has 6 nitrogen and oxygen atoms in total. The maximum atomic E-state index is 12.9. The van der Waals surface area contributed by atoms with Crippen LogP contribution in [0.1, 0.15) is 47.4 Å². The van der Waals surface area contributed by atoms with Gasteiger partial charge in [-0.1, -0.05) is 17.7 Å². The van der Waals surface area contributed by atoms with Crippen LogP contribution in [0.4, 0.5) is 11.4 Å². The Morgan fingerprint density at radius 1 is 0.967 bits per heavy atom. The zero-order valence-corrected chi connectivity index (χ0v) is 16.8. The summed E-state index contributed by atoms with van der Waals surface area (Å²) >= 11 is 0. The lowest BCUT2D eigenvalue weighted by Gasteiger charge is -2.18. The molecular weight excluding hydrogens is 380 g/mol. The number of ketones is 1. The number of Topliss-reactive ketones (excluding diaryl/α,β-unsaturated/α-hetero) is 1. The van der Waals surface area contributed by atoms with Crippen LogP contribution in [-0.4, -0.2) is 23.5 Å². The van der Waals surface area contributed by atoms with Crippen LogP contribution in [0.3, 0.4) is 0 Å². The first-order valence-electron chi connectivity index (χ1n) is 9.91. The van der Waals surface area contributed by atoms with Gasteiger partial charge in [-0.15, -0.1) is 0 Å². The lowest BCUT2D eigenvalue weighted by molar-refractivity contribution is -0.122. The summed E-state index contributed by atoms with van der Waals surface area (Å²) in [4.78, 5) is 51.1. The van der Waals surface area contributed by atoms with E-state index < -0.39 is 0 Å². The number of fused-ring (bicyclic) bond motifs is 1. The SMILES string of the molecule is CC(=O)c1ccc(NC(=O)c2cccc(N3C(=O)[C@@H]4CC=C(C)C[C@H]4C3=O)c2)cc1. The number of carbonyl (C=O) groups is 4. The van der Waals surface area contributed by atoms with E-state index in [9.17, 15) is 19.2 Å². The zero-order chi connectivity index (χ0) is 21.4. The molecule has 1 fully saturated rings. The number of benzene rings is 2. The van der Waals surface area contributed by atoms with E-state index in [2.05, 4.69) is 5.32 Å². The van der Waals surface area contributed by atoms with E-state index in [1.54, 1.807) is 48.5 Å². The molecular formula is C24H22N2O4. The first kappa shape index (κ1) is 19.8. The fourth-order valence-electron chi connectivity index (χ4n) is 4.07. The van der Waals surface area contributed by atoms with Crippen molar-refractivity contribution >= 4 is 34.9 Å². The molecule has 0 saturated carbocycles. The highest BCUT2D eigenvalue weighted by atomic mass is 16.2. The molecule has 1 aliphatic carbocycles. The molecule has 1 N–H and O–H groups in total. The van der Waals surface area contributed by atoms with Crippen LogP contribution in [-0.2, 0) is 9.59 Å². The van der Waals surface area contributed by atoms with Crippen LogP contribution < -0.4 is 10.2 Å². The monoisotopic (exact) mass is 402 g/mol. The largest absolute Gasteiger partial charge is 0.322 e. The van der Waals surface area contributed by atoms with E-state index in [0.29, 0.717) is 35.3 Å². The molecule has 152 valence electrons. The van der Waals surface area contributed by atoms with Crippen molar-refractivity contribution in [1.82, 2.24) is 0 Å². The lowest BCUT2D eigenvalue weighted by atomic mass is 9.82. The van der Waals surface area contributed by atoms with Gasteiger partial charge in [-0.25, -0.2) is 0 Å². The van der Waals surface area contributed by atoms with E-state index in [1.807, 2.05) is 13.0 Å². The van der Waals surface area contributed by atoms with Gasteiger partial charge in [0.2, 0.25) is 11.8 Å². The Morgan fingerprint density at radius 3 is 2.37 bits per heavy atom. The number of allylic oxidation sites excluding steroid dienone is 2. The number of hydrogen-bond acceptors (Lipinski definition) is 4. The van der Waals surface area contributed by atoms with E-state index >= 15 is 0 Å². The van der Waals surface area contributed by atoms with E-state index in [1.165, 1.54) is 11.8 Å². The molecule has 1 saturated heterocycles. The Balaban J connectivity index is 1.54. The van der Waals surface area contributed by atoms with Gasteiger partial charge in [-0.3, -0.25) is 24.1 Å². The Kier molecular flexibility index (Phi) is 5.08. The van der Waals surface area contributed by atoms with Crippen molar-refractivity contribution in [3.05, 3.63) is 71.3 Å². The summed E-state index contributed by atoms with van der Waals surface area (Å²) in [5.74, 6) is -1.45. The fourth-order valence-corrected chi connectivity index (χ4v) is 4.07. The van der Waals surface area contributed by atoms with Gasteiger partial charge in [0.15, 0.2) is 5.78 Å². The maximum Gasteiger partial charge on any atom is 0.255 e. The molecule has 30 heavy (non-hydrogen) atoms. The highest BCUT2D eigenvalue weighted by Crippen LogP contribution is 2.39. The molecule has 1 heterocycles. The van der Waals surface area contributed by atoms with Crippen molar-refractivity contribution in [1.29, 1.82) is 0 Å². The standard InChI is InChI=1S/C24H22N2O4/c1-14-6-11-20-21(12-14)24(30)26(23(20)29)19-5-3-4-17(13-19)22(28)25-18-9-7-16(8-10-18)15(2)27/h3-10,13,20-21H,11-12H2,1-2H3,(H,25,28)/t20-,21-/m1/s1. The molecule has 0 unspecified atom stereocenters. The molecule has 1 aliphatic heterocycles. The summed E-state index contributed by atoms with van der Waals surface area (Å²) < 4.78 is 0. The summed E-state index contributed by atoms with van der Waals surface area (Å²) in [5, 5.41) is 2.77. The van der Waals surface area contributed by atoms with E-state index in [4.69, 9.17) is 0 Å². The van der Waals surface area contributed by atoms with Crippen LogP contribution in [0.5, 0.6) is 0 Å². The molecule has 2 aromatic rings. The Labute approximate surface area is 174 Å². The highest BCUT2D eigenvalue weighted by Gasteiger charge is 2.48. The van der Waals surface area contributed by atoms with Crippen molar-refractivity contribution in [3.8, 4) is 0 Å². The second kappa shape index (κ2) is 7.71. The third-order valence-corrected chi connectivity index (χ3v) is 5.74. The summed E-state index contributed by atoms with van der Waals surface area (Å²) in [7, 11) is 0. The van der Waals surface area contributed by atoms with Crippen molar-refractivity contribution in [3.63, 3.8) is 0 Å². The number of rotatable bonds is 4. The molecule has 2 aromatic carbocycles. The first-order valence-corrected chi connectivity index (χ1v) is 9.91. The van der Waals surface area contributed by atoms with Crippen molar-refractivity contribution in [2.24, 2.45) is 11.8 Å². The quantitative estimate of drug-likeness (QED) is 0.476. The number of hydrogen-bond donors (Lipinski definition) is 1. The molecule has 4 rings (SSSR count). The van der Waals surface area contributed by atoms with Crippen LogP contribution in [0.25, 0.3) is 0 Å². The summed E-state index contributed by atoms with van der Waals surface area (Å²) in [6.45, 7) is 3.46. The molecule has 3 amide bonds. The average molecular weight is 402 g/mol. The normalized spacial score (nSPS) is 20.6. The molecule has 0 aromatic heterocycles. The third-order valence-electron chi connectivity index (χ3n) is 5.74. The molecule has 0 spiro atoms. The van der Waals surface area contributed by atoms with Crippen molar-refractivity contribution in [2.45, 2.75) is 26.7 Å². The maximum absolute atomic E-state index is 12.9. The van der Waals surface area contributed by atoms with Crippen molar-refractivity contribution in [2.75, 3.05) is 10.2 Å². The summed E-state index contributed by atoms with van der Waals surface area (Å²) in [5.41, 5.74) is 3.00. The number of imide groups is 1. The van der Waals surface area contributed by atoms with Crippen LogP contribution in [0, 0.1) is 11.8 Å². The number of nitrogens with zero attached hydrogens (tertiary/aromatic N) is 1. The second-order valence-electron chi connectivity index (χ2n) is 7.85. The molecule has 0 bridgehead atoms. The summed E-state index contributed by atoms with van der Waals surface area (Å²) in [6, 6.07) is 13.1. The number of nitrogens with one attached hydrogen (secondary N) is 1. The number of anilines is 2. The van der Waals surface area contributed by atoms with Crippen LogP contribution in [0.15, 0.2) is 60.2 Å². The minimum atomic E-state index is -0.360. The Bertz CT molecular complexity index is 1080. The molecule has 2 atom stereocenters. The Morgan fingerprint density at radius 2 is 1.67 bits per heavy atom. The topological polar surface area (TPSA) is 83.6 Å². The van der Waals surface area contributed by atoms with E-state index in [-0.39, 0.29) is 35.3 Å². The van der Waals surface area contributed by atoms with Crippen LogP contribution in [0.2, 0.25) is 0 Å². The zero-order valence-electron chi connectivity index (χ0n) is 16.8. The van der Waals surface area contributed by atoms with Crippen molar-refractivity contribution < 1.29 is 19.2 Å².